The lowest BCUT2D eigenvalue weighted by atomic mass is 9.94. The zero-order valence-corrected chi connectivity index (χ0v) is 9.16. The molecule has 1 aliphatic heterocycles. The van der Waals surface area contributed by atoms with E-state index in [9.17, 15) is 4.79 Å². The van der Waals surface area contributed by atoms with E-state index in [1.54, 1.807) is 6.92 Å². The van der Waals surface area contributed by atoms with E-state index < -0.39 is 11.4 Å². The molecule has 1 unspecified atom stereocenters. The molecule has 0 aromatic rings. The highest BCUT2D eigenvalue weighted by molar-refractivity contribution is 5.61. The van der Waals surface area contributed by atoms with Gasteiger partial charge in [-0.05, 0) is 19.8 Å². The maximum absolute atomic E-state index is 10.8. The quantitative estimate of drug-likeness (QED) is 0.494. The fraction of sp³-hybridized carbons (Fsp3) is 0.909. The highest BCUT2D eigenvalue weighted by Crippen LogP contribution is 2.36. The van der Waals surface area contributed by atoms with Crippen LogP contribution in [0.4, 0.5) is 0 Å². The van der Waals surface area contributed by atoms with Crippen LogP contribution < -0.4 is 0 Å². The summed E-state index contributed by atoms with van der Waals surface area (Å²) in [6.45, 7) is 2.25. The van der Waals surface area contributed by atoms with Gasteiger partial charge in [-0.3, -0.25) is 0 Å². The van der Waals surface area contributed by atoms with Crippen LogP contribution in [0.5, 0.6) is 0 Å². The third-order valence-electron chi connectivity index (χ3n) is 3.21. The summed E-state index contributed by atoms with van der Waals surface area (Å²) >= 11 is 0. The SMILES string of the molecule is CC1(C=O)CCOC2(CCCCC2)OO1. The summed E-state index contributed by atoms with van der Waals surface area (Å²) < 4.78 is 5.72. The first kappa shape index (κ1) is 11.0. The largest absolute Gasteiger partial charge is 0.347 e. The van der Waals surface area contributed by atoms with Crippen molar-refractivity contribution in [2.24, 2.45) is 0 Å². The van der Waals surface area contributed by atoms with Gasteiger partial charge in [-0.1, -0.05) is 6.42 Å². The van der Waals surface area contributed by atoms with Crippen LogP contribution in [-0.4, -0.2) is 24.3 Å². The summed E-state index contributed by atoms with van der Waals surface area (Å²) in [7, 11) is 0. The van der Waals surface area contributed by atoms with E-state index in [2.05, 4.69) is 0 Å². The molecular formula is C11H18O4. The normalized spacial score (nSPS) is 36.1. The van der Waals surface area contributed by atoms with Crippen molar-refractivity contribution in [2.75, 3.05) is 6.61 Å². The Bertz CT molecular complexity index is 235. The Labute approximate surface area is 89.8 Å². The molecule has 2 aliphatic rings. The monoisotopic (exact) mass is 214 g/mol. The number of carbonyl (C=O) groups is 1. The van der Waals surface area contributed by atoms with E-state index in [4.69, 9.17) is 14.5 Å². The van der Waals surface area contributed by atoms with Gasteiger partial charge in [0.05, 0.1) is 6.61 Å². The highest BCUT2D eigenvalue weighted by atomic mass is 17.2. The zero-order chi connectivity index (χ0) is 10.8. The third-order valence-corrected chi connectivity index (χ3v) is 3.21. The standard InChI is InChI=1S/C11H18O4/c1-10(9-12)7-8-13-11(15-14-10)5-3-2-4-6-11/h9H,2-8H2,1H3. The van der Waals surface area contributed by atoms with Crippen LogP contribution in [0.1, 0.15) is 45.4 Å². The van der Waals surface area contributed by atoms with E-state index in [-0.39, 0.29) is 0 Å². The molecule has 0 N–H and O–H groups in total. The number of carbonyl (C=O) groups excluding carboxylic acids is 1. The van der Waals surface area contributed by atoms with E-state index in [0.717, 1.165) is 32.0 Å². The van der Waals surface area contributed by atoms with Crippen LogP contribution in [0.15, 0.2) is 0 Å². The van der Waals surface area contributed by atoms with Crippen molar-refractivity contribution in [3.8, 4) is 0 Å². The molecular weight excluding hydrogens is 196 g/mol. The lowest BCUT2D eigenvalue weighted by molar-refractivity contribution is -0.444. The molecule has 86 valence electrons. The van der Waals surface area contributed by atoms with Crippen molar-refractivity contribution in [1.82, 2.24) is 0 Å². The maximum Gasteiger partial charge on any atom is 0.201 e. The smallest absolute Gasteiger partial charge is 0.201 e. The summed E-state index contributed by atoms with van der Waals surface area (Å²) in [5, 5.41) is 0. The van der Waals surface area contributed by atoms with E-state index >= 15 is 0 Å². The van der Waals surface area contributed by atoms with Gasteiger partial charge in [-0.15, -0.1) is 0 Å². The lowest BCUT2D eigenvalue weighted by Crippen LogP contribution is -2.38. The minimum absolute atomic E-state index is 0.523. The van der Waals surface area contributed by atoms with Gasteiger partial charge in [0.2, 0.25) is 5.79 Å². The molecule has 1 spiro atoms. The summed E-state index contributed by atoms with van der Waals surface area (Å²) in [6, 6.07) is 0. The molecule has 1 saturated carbocycles. The van der Waals surface area contributed by atoms with Gasteiger partial charge >= 0.3 is 0 Å². The molecule has 1 heterocycles. The molecule has 2 rings (SSSR count). The number of hydrogen-bond donors (Lipinski definition) is 0. The van der Waals surface area contributed by atoms with Gasteiger partial charge < -0.3 is 9.53 Å². The Kier molecular flexibility index (Phi) is 3.09. The topological polar surface area (TPSA) is 44.8 Å². The summed E-state index contributed by atoms with van der Waals surface area (Å²) in [5.74, 6) is -0.584. The van der Waals surface area contributed by atoms with Crippen LogP contribution in [0.3, 0.4) is 0 Å². The number of rotatable bonds is 1. The second kappa shape index (κ2) is 4.20. The first-order valence-electron chi connectivity index (χ1n) is 5.65. The van der Waals surface area contributed by atoms with Crippen molar-refractivity contribution in [3.05, 3.63) is 0 Å². The maximum atomic E-state index is 10.8. The fourth-order valence-corrected chi connectivity index (χ4v) is 2.07. The molecule has 0 amide bonds. The Morgan fingerprint density at radius 1 is 1.07 bits per heavy atom. The third kappa shape index (κ3) is 2.38. The molecule has 1 aliphatic carbocycles. The molecule has 4 nitrogen and oxygen atoms in total. The van der Waals surface area contributed by atoms with Gasteiger partial charge in [-0.2, -0.15) is 0 Å². The van der Waals surface area contributed by atoms with Crippen LogP contribution >= 0.6 is 0 Å². The molecule has 0 bridgehead atoms. The first-order chi connectivity index (χ1) is 7.18. The van der Waals surface area contributed by atoms with Crippen LogP contribution in [0.2, 0.25) is 0 Å². The highest BCUT2D eigenvalue weighted by Gasteiger charge is 2.41. The van der Waals surface area contributed by atoms with Gasteiger partial charge in [0.1, 0.15) is 0 Å². The van der Waals surface area contributed by atoms with E-state index in [1.165, 1.54) is 6.42 Å². The fourth-order valence-electron chi connectivity index (χ4n) is 2.07. The average Bonchev–Trinajstić information content (AvgIpc) is 2.42. The lowest BCUT2D eigenvalue weighted by Gasteiger charge is -2.34. The predicted molar refractivity (Wildman–Crippen MR) is 53.0 cm³/mol. The first-order valence-corrected chi connectivity index (χ1v) is 5.65. The minimum atomic E-state index is -0.846. The van der Waals surface area contributed by atoms with Crippen molar-refractivity contribution >= 4 is 6.29 Å². The number of ether oxygens (including phenoxy) is 1. The second-order valence-electron chi connectivity index (χ2n) is 4.67. The average molecular weight is 214 g/mol. The van der Waals surface area contributed by atoms with E-state index in [0.29, 0.717) is 13.0 Å². The molecule has 15 heavy (non-hydrogen) atoms. The Balaban J connectivity index is 2.02. The van der Waals surface area contributed by atoms with Crippen molar-refractivity contribution < 1.29 is 19.3 Å². The molecule has 1 saturated heterocycles. The summed E-state index contributed by atoms with van der Waals surface area (Å²) in [5.41, 5.74) is -0.846. The molecule has 1 atom stereocenters. The molecule has 0 aromatic heterocycles. The van der Waals surface area contributed by atoms with Gasteiger partial charge in [0, 0.05) is 19.3 Å². The van der Waals surface area contributed by atoms with Crippen molar-refractivity contribution in [1.29, 1.82) is 0 Å². The van der Waals surface area contributed by atoms with Crippen LogP contribution in [-0.2, 0) is 19.3 Å². The Morgan fingerprint density at radius 2 is 1.80 bits per heavy atom. The molecule has 0 radical (unpaired) electrons. The Morgan fingerprint density at radius 3 is 2.47 bits per heavy atom. The van der Waals surface area contributed by atoms with E-state index in [1.807, 2.05) is 0 Å². The molecule has 0 aromatic carbocycles. The van der Waals surface area contributed by atoms with Gasteiger partial charge in [0.15, 0.2) is 11.9 Å². The Hall–Kier alpha value is -0.450. The van der Waals surface area contributed by atoms with Crippen LogP contribution in [0.25, 0.3) is 0 Å². The van der Waals surface area contributed by atoms with Gasteiger partial charge in [-0.25, -0.2) is 9.78 Å². The predicted octanol–water partition coefficient (Wildman–Crippen LogP) is 1.97. The summed E-state index contributed by atoms with van der Waals surface area (Å²) in [6.07, 6.45) is 6.49. The number of aldehydes is 1. The minimum Gasteiger partial charge on any atom is -0.347 e. The molecule has 2 fully saturated rings. The van der Waals surface area contributed by atoms with Crippen molar-refractivity contribution in [2.45, 2.75) is 56.8 Å². The van der Waals surface area contributed by atoms with Gasteiger partial charge in [0.25, 0.3) is 0 Å². The second-order valence-corrected chi connectivity index (χ2v) is 4.67. The van der Waals surface area contributed by atoms with Crippen molar-refractivity contribution in [3.63, 3.8) is 0 Å². The molecule has 4 heteroatoms. The summed E-state index contributed by atoms with van der Waals surface area (Å²) in [4.78, 5) is 21.5. The number of hydrogen-bond acceptors (Lipinski definition) is 4. The zero-order valence-electron chi connectivity index (χ0n) is 9.16. The van der Waals surface area contributed by atoms with Crippen LogP contribution in [0, 0.1) is 0 Å².